The van der Waals surface area contributed by atoms with Crippen LogP contribution in [0.1, 0.15) is 29.8 Å². The molecule has 76 valence electrons. The lowest BCUT2D eigenvalue weighted by atomic mass is 9.87. The molecule has 0 aliphatic rings. The van der Waals surface area contributed by atoms with Crippen LogP contribution in [0.4, 0.5) is 0 Å². The zero-order valence-corrected chi connectivity index (χ0v) is 10.4. The van der Waals surface area contributed by atoms with Crippen LogP contribution >= 0.6 is 22.6 Å². The molecule has 1 aromatic carbocycles. The van der Waals surface area contributed by atoms with E-state index in [0.717, 1.165) is 9.99 Å². The number of hydrogen-bond donors (Lipinski definition) is 0. The first kappa shape index (κ1) is 11.5. The minimum atomic E-state index is -1.12. The molecule has 1 aromatic rings. The number of carboxylic acids is 1. The van der Waals surface area contributed by atoms with Crippen molar-refractivity contribution in [3.63, 3.8) is 0 Å². The van der Waals surface area contributed by atoms with Crippen LogP contribution in [0.5, 0.6) is 0 Å². The van der Waals surface area contributed by atoms with Crippen molar-refractivity contribution in [3.8, 4) is 0 Å². The molecule has 0 heterocycles. The number of carbonyl (C=O) groups excluding carboxylic acids is 1. The Morgan fingerprint density at radius 3 is 2.21 bits per heavy atom. The lowest BCUT2D eigenvalue weighted by molar-refractivity contribution is -0.255. The molecule has 0 aromatic heterocycles. The maximum absolute atomic E-state index is 10.5. The molecule has 0 spiro atoms. The number of carboxylic acid groups (broad SMARTS) is 1. The first-order chi connectivity index (χ1) is 6.47. The van der Waals surface area contributed by atoms with Gasteiger partial charge in [-0.05, 0) is 16.5 Å². The molecule has 1 rings (SSSR count). The molecule has 0 bridgehead atoms. The van der Waals surface area contributed by atoms with Gasteiger partial charge in [0.1, 0.15) is 0 Å². The predicted octanol–water partition coefficient (Wildman–Crippen LogP) is 1.76. The number of rotatable bonds is 3. The van der Waals surface area contributed by atoms with E-state index >= 15 is 0 Å². The van der Waals surface area contributed by atoms with E-state index in [1.165, 1.54) is 0 Å². The number of carbonyl (C=O) groups is 1. The average molecular weight is 303 g/mol. The first-order valence-electron chi connectivity index (χ1n) is 4.35. The van der Waals surface area contributed by atoms with Crippen molar-refractivity contribution in [2.75, 3.05) is 4.43 Å². The highest BCUT2D eigenvalue weighted by Crippen LogP contribution is 2.25. The molecule has 0 N–H and O–H groups in total. The molecular weight excluding hydrogens is 291 g/mol. The summed E-state index contributed by atoms with van der Waals surface area (Å²) in [6.07, 6.45) is 0. The van der Waals surface area contributed by atoms with E-state index in [4.69, 9.17) is 0 Å². The van der Waals surface area contributed by atoms with Crippen molar-refractivity contribution < 1.29 is 9.90 Å². The molecular formula is C11H12IO2-. The van der Waals surface area contributed by atoms with Crippen molar-refractivity contribution >= 4 is 28.6 Å². The smallest absolute Gasteiger partial charge is 0.0715 e. The fourth-order valence-corrected chi connectivity index (χ4v) is 1.58. The van der Waals surface area contributed by atoms with Gasteiger partial charge in [0.2, 0.25) is 0 Å². The summed E-state index contributed by atoms with van der Waals surface area (Å²) in [5, 5.41) is 10.5. The Kier molecular flexibility index (Phi) is 3.53. The fourth-order valence-electron chi connectivity index (χ4n) is 1.13. The SMILES string of the molecule is CC(C)(CI)c1ccc(C(=O)[O-])cc1. The van der Waals surface area contributed by atoms with E-state index in [2.05, 4.69) is 36.4 Å². The van der Waals surface area contributed by atoms with Gasteiger partial charge in [-0.1, -0.05) is 60.7 Å². The van der Waals surface area contributed by atoms with Crippen molar-refractivity contribution in [3.05, 3.63) is 35.4 Å². The van der Waals surface area contributed by atoms with Crippen LogP contribution in [0.3, 0.4) is 0 Å². The van der Waals surface area contributed by atoms with Crippen molar-refractivity contribution in [1.82, 2.24) is 0 Å². The summed E-state index contributed by atoms with van der Waals surface area (Å²) in [6.45, 7) is 4.26. The van der Waals surface area contributed by atoms with Gasteiger partial charge in [0.05, 0.1) is 5.97 Å². The third-order valence-corrected chi connectivity index (χ3v) is 4.14. The summed E-state index contributed by atoms with van der Waals surface area (Å²) in [4.78, 5) is 10.5. The third kappa shape index (κ3) is 2.47. The van der Waals surface area contributed by atoms with Gasteiger partial charge in [0.15, 0.2) is 0 Å². The molecule has 2 nitrogen and oxygen atoms in total. The molecule has 0 aliphatic heterocycles. The molecule has 3 heteroatoms. The quantitative estimate of drug-likeness (QED) is 0.630. The van der Waals surface area contributed by atoms with Gasteiger partial charge in [0.25, 0.3) is 0 Å². The van der Waals surface area contributed by atoms with Crippen LogP contribution in [0.2, 0.25) is 0 Å². The Labute approximate surface area is 97.5 Å². The topological polar surface area (TPSA) is 40.1 Å². The summed E-state index contributed by atoms with van der Waals surface area (Å²) >= 11 is 2.33. The van der Waals surface area contributed by atoms with E-state index < -0.39 is 5.97 Å². The zero-order chi connectivity index (χ0) is 10.8. The van der Waals surface area contributed by atoms with Gasteiger partial charge >= 0.3 is 0 Å². The number of halogens is 1. The molecule has 0 radical (unpaired) electrons. The van der Waals surface area contributed by atoms with Gasteiger partial charge in [0, 0.05) is 4.43 Å². The summed E-state index contributed by atoms with van der Waals surface area (Å²) in [7, 11) is 0. The van der Waals surface area contributed by atoms with Crippen molar-refractivity contribution in [2.45, 2.75) is 19.3 Å². The number of alkyl halides is 1. The second-order valence-corrected chi connectivity index (χ2v) is 4.65. The summed E-state index contributed by atoms with van der Waals surface area (Å²) < 4.78 is 0.995. The van der Waals surface area contributed by atoms with E-state index in [9.17, 15) is 9.90 Å². The largest absolute Gasteiger partial charge is 0.545 e. The number of aromatic carboxylic acids is 1. The van der Waals surface area contributed by atoms with E-state index in [0.29, 0.717) is 0 Å². The van der Waals surface area contributed by atoms with Crippen LogP contribution in [0.15, 0.2) is 24.3 Å². The van der Waals surface area contributed by atoms with Crippen LogP contribution in [-0.4, -0.2) is 10.4 Å². The summed E-state index contributed by atoms with van der Waals surface area (Å²) in [5.74, 6) is -1.12. The van der Waals surface area contributed by atoms with Crippen LogP contribution in [0, 0.1) is 0 Å². The van der Waals surface area contributed by atoms with Crippen molar-refractivity contribution in [1.29, 1.82) is 0 Å². The normalized spacial score (nSPS) is 11.4. The van der Waals surface area contributed by atoms with E-state index in [-0.39, 0.29) is 11.0 Å². The number of benzene rings is 1. The second kappa shape index (κ2) is 4.29. The molecule has 0 atom stereocenters. The third-order valence-electron chi connectivity index (χ3n) is 2.24. The Morgan fingerprint density at radius 1 is 1.36 bits per heavy atom. The van der Waals surface area contributed by atoms with Gasteiger partial charge in [-0.3, -0.25) is 0 Å². The second-order valence-electron chi connectivity index (χ2n) is 3.88. The maximum atomic E-state index is 10.5. The summed E-state index contributed by atoms with van der Waals surface area (Å²) in [6, 6.07) is 6.89. The molecule has 0 amide bonds. The van der Waals surface area contributed by atoms with Crippen molar-refractivity contribution in [2.24, 2.45) is 0 Å². The molecule has 0 fully saturated rings. The Bertz CT molecular complexity index is 328. The lowest BCUT2D eigenvalue weighted by Gasteiger charge is -2.22. The highest BCUT2D eigenvalue weighted by molar-refractivity contribution is 14.1. The average Bonchev–Trinajstić information content (AvgIpc) is 2.18. The van der Waals surface area contributed by atoms with Gasteiger partial charge in [-0.25, -0.2) is 0 Å². The van der Waals surface area contributed by atoms with Gasteiger partial charge in [-0.15, -0.1) is 0 Å². The predicted molar refractivity (Wildman–Crippen MR) is 62.7 cm³/mol. The van der Waals surface area contributed by atoms with E-state index in [1.54, 1.807) is 12.1 Å². The Balaban J connectivity index is 2.99. The molecule has 0 unspecified atom stereocenters. The fraction of sp³-hybridized carbons (Fsp3) is 0.364. The highest BCUT2D eigenvalue weighted by atomic mass is 127. The zero-order valence-electron chi connectivity index (χ0n) is 8.21. The van der Waals surface area contributed by atoms with E-state index in [1.807, 2.05) is 12.1 Å². The molecule has 0 saturated heterocycles. The highest BCUT2D eigenvalue weighted by Gasteiger charge is 2.18. The molecule has 0 aliphatic carbocycles. The van der Waals surface area contributed by atoms with Crippen LogP contribution in [-0.2, 0) is 5.41 Å². The molecule has 14 heavy (non-hydrogen) atoms. The van der Waals surface area contributed by atoms with Gasteiger partial charge in [-0.2, -0.15) is 0 Å². The lowest BCUT2D eigenvalue weighted by Crippen LogP contribution is -2.23. The minimum absolute atomic E-state index is 0.0883. The minimum Gasteiger partial charge on any atom is -0.545 e. The summed E-state index contributed by atoms with van der Waals surface area (Å²) in [5.41, 5.74) is 1.47. The Hall–Kier alpha value is -0.580. The van der Waals surface area contributed by atoms with Gasteiger partial charge < -0.3 is 9.90 Å². The monoisotopic (exact) mass is 303 g/mol. The molecule has 0 saturated carbocycles. The van der Waals surface area contributed by atoms with Crippen LogP contribution in [0.25, 0.3) is 0 Å². The standard InChI is InChI=1S/C11H13IO2/c1-11(2,7-12)9-5-3-8(4-6-9)10(13)14/h3-6H,7H2,1-2H3,(H,13,14)/p-1. The van der Waals surface area contributed by atoms with Crippen LogP contribution < -0.4 is 5.11 Å². The first-order valence-corrected chi connectivity index (χ1v) is 5.88. The number of hydrogen-bond acceptors (Lipinski definition) is 2. The Morgan fingerprint density at radius 2 is 1.86 bits per heavy atom. The maximum Gasteiger partial charge on any atom is 0.0715 e.